The number of halogens is 1. The molecule has 0 radical (unpaired) electrons. The van der Waals surface area contributed by atoms with Crippen LogP contribution in [0.25, 0.3) is 0 Å². The van der Waals surface area contributed by atoms with E-state index in [0.717, 1.165) is 38.0 Å². The van der Waals surface area contributed by atoms with Gasteiger partial charge in [-0.1, -0.05) is 36.4 Å². The van der Waals surface area contributed by atoms with Gasteiger partial charge in [-0.15, -0.1) is 0 Å². The number of benzene rings is 1. The van der Waals surface area contributed by atoms with Crippen LogP contribution in [0.15, 0.2) is 40.5 Å². The third-order valence-electron chi connectivity index (χ3n) is 5.10. The molecule has 30 heavy (non-hydrogen) atoms. The summed E-state index contributed by atoms with van der Waals surface area (Å²) >= 11 is 7.59. The number of hydrogen-bond acceptors (Lipinski definition) is 8. The monoisotopic (exact) mass is 469 g/mol. The number of rotatable bonds is 6. The lowest BCUT2D eigenvalue weighted by atomic mass is 9.80. The number of nitrogens with two attached hydrogens (primary N) is 1. The minimum atomic E-state index is -3.68. The highest BCUT2D eigenvalue weighted by molar-refractivity contribution is 7.99. The third kappa shape index (κ3) is 5.63. The van der Waals surface area contributed by atoms with Crippen molar-refractivity contribution < 1.29 is 13.2 Å². The number of piperidine rings is 1. The first-order valence-electron chi connectivity index (χ1n) is 9.36. The molecule has 3 N–H and O–H groups in total. The highest BCUT2D eigenvalue weighted by Crippen LogP contribution is 2.35. The van der Waals surface area contributed by atoms with E-state index in [1.54, 1.807) is 24.5 Å². The number of amides is 1. The SMILES string of the molecule is CC1(CN)CCN(c2cnc(Sc3cccc(C(=O)NS(C)(=O)=O)c3Cl)cn2)CC1. The van der Waals surface area contributed by atoms with E-state index >= 15 is 0 Å². The van der Waals surface area contributed by atoms with Gasteiger partial charge in [0.25, 0.3) is 5.91 Å². The van der Waals surface area contributed by atoms with E-state index in [-0.39, 0.29) is 16.0 Å². The molecule has 0 bridgehead atoms. The van der Waals surface area contributed by atoms with Gasteiger partial charge in [-0.2, -0.15) is 0 Å². The molecule has 2 heterocycles. The molecular formula is C19H24ClN5O3S2. The van der Waals surface area contributed by atoms with Crippen LogP contribution in [0.3, 0.4) is 0 Å². The molecule has 0 spiro atoms. The molecule has 0 aliphatic carbocycles. The maximum absolute atomic E-state index is 12.1. The van der Waals surface area contributed by atoms with Gasteiger partial charge in [0.1, 0.15) is 10.8 Å². The van der Waals surface area contributed by atoms with Crippen molar-refractivity contribution in [1.82, 2.24) is 14.7 Å². The maximum atomic E-state index is 12.1. The van der Waals surface area contributed by atoms with Crippen molar-refractivity contribution in [3.63, 3.8) is 0 Å². The molecular weight excluding hydrogens is 446 g/mol. The van der Waals surface area contributed by atoms with Crippen molar-refractivity contribution in [1.29, 1.82) is 0 Å². The zero-order valence-electron chi connectivity index (χ0n) is 16.8. The number of nitrogens with one attached hydrogen (secondary N) is 1. The fraction of sp³-hybridized carbons (Fsp3) is 0.421. The lowest BCUT2D eigenvalue weighted by Gasteiger charge is -2.39. The minimum Gasteiger partial charge on any atom is -0.355 e. The van der Waals surface area contributed by atoms with E-state index < -0.39 is 15.9 Å². The molecule has 0 atom stereocenters. The summed E-state index contributed by atoms with van der Waals surface area (Å²) in [6.45, 7) is 4.67. The Hall–Kier alpha value is -1.88. The second kappa shape index (κ2) is 9.09. The van der Waals surface area contributed by atoms with E-state index in [0.29, 0.717) is 16.5 Å². The third-order valence-corrected chi connectivity index (χ3v) is 7.16. The van der Waals surface area contributed by atoms with Crippen LogP contribution in [-0.2, 0) is 10.0 Å². The van der Waals surface area contributed by atoms with E-state index in [1.807, 2.05) is 4.72 Å². The van der Waals surface area contributed by atoms with Crippen LogP contribution >= 0.6 is 23.4 Å². The molecule has 8 nitrogen and oxygen atoms in total. The van der Waals surface area contributed by atoms with Gasteiger partial charge in [0.15, 0.2) is 0 Å². The van der Waals surface area contributed by atoms with E-state index in [1.165, 1.54) is 17.8 Å². The Balaban J connectivity index is 1.70. The number of aromatic nitrogens is 2. The first-order valence-corrected chi connectivity index (χ1v) is 12.4. The number of sulfonamides is 1. The van der Waals surface area contributed by atoms with Gasteiger partial charge in [-0.3, -0.25) is 4.79 Å². The lowest BCUT2D eigenvalue weighted by Crippen LogP contribution is -2.42. The smallest absolute Gasteiger partial charge is 0.266 e. The Morgan fingerprint density at radius 2 is 2.00 bits per heavy atom. The first-order chi connectivity index (χ1) is 14.1. The number of carbonyl (C=O) groups is 1. The van der Waals surface area contributed by atoms with E-state index in [2.05, 4.69) is 21.8 Å². The molecule has 1 amide bonds. The van der Waals surface area contributed by atoms with Gasteiger partial charge in [-0.25, -0.2) is 23.1 Å². The predicted octanol–water partition coefficient (Wildman–Crippen LogP) is 2.54. The van der Waals surface area contributed by atoms with Crippen molar-refractivity contribution in [2.45, 2.75) is 29.7 Å². The van der Waals surface area contributed by atoms with Crippen LogP contribution in [0.2, 0.25) is 5.02 Å². The van der Waals surface area contributed by atoms with Crippen molar-refractivity contribution >= 4 is 45.1 Å². The van der Waals surface area contributed by atoms with Crippen LogP contribution in [0.1, 0.15) is 30.1 Å². The Labute approximate surface area is 185 Å². The van der Waals surface area contributed by atoms with E-state index in [9.17, 15) is 13.2 Å². The molecule has 1 saturated heterocycles. The fourth-order valence-corrected chi connectivity index (χ4v) is 4.66. The summed E-state index contributed by atoms with van der Waals surface area (Å²) in [7, 11) is -3.68. The van der Waals surface area contributed by atoms with Gasteiger partial charge >= 0.3 is 0 Å². The zero-order chi connectivity index (χ0) is 21.9. The molecule has 3 rings (SSSR count). The number of nitrogens with zero attached hydrogens (tertiary/aromatic N) is 3. The summed E-state index contributed by atoms with van der Waals surface area (Å²) in [4.78, 5) is 23.9. The molecule has 1 fully saturated rings. The van der Waals surface area contributed by atoms with Gasteiger partial charge < -0.3 is 10.6 Å². The van der Waals surface area contributed by atoms with Crippen molar-refractivity contribution in [2.24, 2.45) is 11.1 Å². The van der Waals surface area contributed by atoms with Gasteiger partial charge in [-0.05, 0) is 36.9 Å². The molecule has 1 aliphatic rings. The summed E-state index contributed by atoms with van der Waals surface area (Å²) in [5.41, 5.74) is 6.13. The van der Waals surface area contributed by atoms with Crippen molar-refractivity contribution in [3.8, 4) is 0 Å². The Morgan fingerprint density at radius 3 is 2.57 bits per heavy atom. The largest absolute Gasteiger partial charge is 0.355 e. The predicted molar refractivity (Wildman–Crippen MR) is 119 cm³/mol. The van der Waals surface area contributed by atoms with Crippen LogP contribution in [0.4, 0.5) is 5.82 Å². The summed E-state index contributed by atoms with van der Waals surface area (Å²) in [5, 5.41) is 0.775. The molecule has 1 aromatic heterocycles. The second-order valence-corrected chi connectivity index (χ2v) is 10.8. The summed E-state index contributed by atoms with van der Waals surface area (Å²) in [5.74, 6) is 0.0340. The molecule has 1 aromatic carbocycles. The average molecular weight is 470 g/mol. The Bertz CT molecular complexity index is 1020. The Kier molecular flexibility index (Phi) is 6.91. The van der Waals surface area contributed by atoms with Gasteiger partial charge in [0.05, 0.1) is 29.2 Å². The topological polar surface area (TPSA) is 118 Å². The van der Waals surface area contributed by atoms with Crippen LogP contribution in [-0.4, -0.2) is 50.2 Å². The average Bonchev–Trinajstić information content (AvgIpc) is 2.69. The van der Waals surface area contributed by atoms with Crippen molar-refractivity contribution in [3.05, 3.63) is 41.2 Å². The van der Waals surface area contributed by atoms with Crippen LogP contribution < -0.4 is 15.4 Å². The fourth-order valence-electron chi connectivity index (χ4n) is 3.11. The van der Waals surface area contributed by atoms with E-state index in [4.69, 9.17) is 17.3 Å². The Morgan fingerprint density at radius 1 is 1.30 bits per heavy atom. The normalized spacial score (nSPS) is 16.3. The summed E-state index contributed by atoms with van der Waals surface area (Å²) in [6, 6.07) is 4.83. The van der Waals surface area contributed by atoms with Crippen LogP contribution in [0, 0.1) is 5.41 Å². The molecule has 162 valence electrons. The highest BCUT2D eigenvalue weighted by atomic mass is 35.5. The minimum absolute atomic E-state index is 0.0768. The number of carbonyl (C=O) groups excluding carboxylic acids is 1. The molecule has 0 unspecified atom stereocenters. The lowest BCUT2D eigenvalue weighted by molar-refractivity contribution is 0.0981. The summed E-state index contributed by atoms with van der Waals surface area (Å²) < 4.78 is 24.5. The number of anilines is 1. The summed E-state index contributed by atoms with van der Waals surface area (Å²) in [6.07, 6.45) is 6.32. The van der Waals surface area contributed by atoms with Crippen LogP contribution in [0.5, 0.6) is 0 Å². The molecule has 11 heteroatoms. The molecule has 0 saturated carbocycles. The van der Waals surface area contributed by atoms with Gasteiger partial charge in [0, 0.05) is 18.0 Å². The standard InChI is InChI=1S/C19H24ClN5O3S2/c1-19(12-21)6-8-25(9-7-19)15-10-23-16(11-22-15)29-14-5-3-4-13(17(14)20)18(26)24-30(2,27)28/h3-5,10-11H,6-9,12,21H2,1-2H3,(H,24,26). The number of hydrogen-bond donors (Lipinski definition) is 2. The zero-order valence-corrected chi connectivity index (χ0v) is 19.1. The molecule has 2 aromatic rings. The second-order valence-electron chi connectivity index (χ2n) is 7.64. The highest BCUT2D eigenvalue weighted by Gasteiger charge is 2.29. The maximum Gasteiger partial charge on any atom is 0.266 e. The quantitative estimate of drug-likeness (QED) is 0.662. The van der Waals surface area contributed by atoms with Crippen molar-refractivity contribution in [2.75, 3.05) is 30.8 Å². The first kappa shape index (κ1) is 22.8. The van der Waals surface area contributed by atoms with Gasteiger partial charge in [0.2, 0.25) is 10.0 Å². The molecule has 1 aliphatic heterocycles.